The Morgan fingerprint density at radius 3 is 2.69 bits per heavy atom. The standard InChI is InChI=1S/C11H16N5O10P3/c1-6-3-16(11(18)13-10(6)17)9-2-7(14-15-12)8(24-9)4-23-27-25-28(19,20)5-29(21,22)26-27/h3,7-9H,2,4-5H2,1H3,(H,19,20)(H,21,22)(H,13,17,18)/t7-,8+,9+/m0/s1. The minimum atomic E-state index is -4.37. The van der Waals surface area contributed by atoms with Crippen LogP contribution in [0.2, 0.25) is 0 Å². The molecule has 3 heterocycles. The van der Waals surface area contributed by atoms with Gasteiger partial charge in [0.25, 0.3) is 5.56 Å². The summed E-state index contributed by atoms with van der Waals surface area (Å²) >= 11 is 0. The summed E-state index contributed by atoms with van der Waals surface area (Å²) in [4.78, 5) is 47.3. The van der Waals surface area contributed by atoms with Crippen molar-refractivity contribution >= 4 is 23.8 Å². The SMILES string of the molecule is Cc1cn([C@H]2C[C@H](N=[N+]=[N-])[C@@H](COP3OP(=O)(O)CP(=O)(O)O3)O2)c(=O)[nH]c1=O. The van der Waals surface area contributed by atoms with Gasteiger partial charge in [0.1, 0.15) is 6.23 Å². The van der Waals surface area contributed by atoms with Crippen LogP contribution in [0.1, 0.15) is 18.2 Å². The van der Waals surface area contributed by atoms with E-state index in [0.29, 0.717) is 0 Å². The Labute approximate surface area is 163 Å². The highest BCUT2D eigenvalue weighted by molar-refractivity contribution is 7.79. The van der Waals surface area contributed by atoms with Gasteiger partial charge < -0.3 is 19.0 Å². The number of azide groups is 1. The largest absolute Gasteiger partial charge is 0.352 e. The normalized spacial score (nSPS) is 37.2. The molecule has 2 fully saturated rings. The first-order chi connectivity index (χ1) is 13.5. The maximum Gasteiger partial charge on any atom is 0.348 e. The molecule has 160 valence electrons. The summed E-state index contributed by atoms with van der Waals surface area (Å²) in [6, 6.07) is -0.800. The number of hydrogen-bond donors (Lipinski definition) is 3. The lowest BCUT2D eigenvalue weighted by Gasteiger charge is -2.28. The Hall–Kier alpha value is -1.36. The summed E-state index contributed by atoms with van der Waals surface area (Å²) in [7, 11) is -11.4. The van der Waals surface area contributed by atoms with Gasteiger partial charge in [-0.2, -0.15) is 0 Å². The molecular formula is C11H16N5O10P3. The third-order valence-corrected chi connectivity index (χ3v) is 10.3. The zero-order valence-electron chi connectivity index (χ0n) is 14.7. The molecule has 5 atom stereocenters. The number of aromatic amines is 1. The predicted molar refractivity (Wildman–Crippen MR) is 97.1 cm³/mol. The number of nitrogens with zero attached hydrogens (tertiary/aromatic N) is 4. The molecule has 2 aliphatic rings. The lowest BCUT2D eigenvalue weighted by Crippen LogP contribution is -2.33. The molecule has 0 radical (unpaired) electrons. The molecule has 1 aromatic heterocycles. The Morgan fingerprint density at radius 2 is 2.07 bits per heavy atom. The zero-order chi connectivity index (χ0) is 21.4. The van der Waals surface area contributed by atoms with E-state index in [0.717, 1.165) is 4.57 Å². The number of hydrogen-bond acceptors (Lipinski definition) is 9. The van der Waals surface area contributed by atoms with Gasteiger partial charge in [-0.3, -0.25) is 23.5 Å². The summed E-state index contributed by atoms with van der Waals surface area (Å²) in [5, 5.41) is 3.58. The van der Waals surface area contributed by atoms with Gasteiger partial charge in [0.15, 0.2) is 5.90 Å². The van der Waals surface area contributed by atoms with E-state index in [-0.39, 0.29) is 18.6 Å². The second-order valence-corrected chi connectivity index (χ2v) is 11.9. The van der Waals surface area contributed by atoms with E-state index in [2.05, 4.69) is 23.6 Å². The smallest absolute Gasteiger partial charge is 0.348 e. The fourth-order valence-electron chi connectivity index (χ4n) is 2.71. The van der Waals surface area contributed by atoms with Crippen LogP contribution in [0.5, 0.6) is 0 Å². The fraction of sp³-hybridized carbons (Fsp3) is 0.636. The summed E-state index contributed by atoms with van der Waals surface area (Å²) in [5.74, 6) is -1.06. The van der Waals surface area contributed by atoms with Gasteiger partial charge in [0.05, 0.1) is 18.8 Å². The monoisotopic (exact) mass is 471 g/mol. The maximum atomic E-state index is 12.0. The molecule has 3 N–H and O–H groups in total. The molecule has 0 aliphatic carbocycles. The van der Waals surface area contributed by atoms with Crippen LogP contribution in [-0.2, 0) is 27.0 Å². The third kappa shape index (κ3) is 5.42. The second kappa shape index (κ2) is 8.41. The molecule has 15 nitrogen and oxygen atoms in total. The third-order valence-electron chi connectivity index (χ3n) is 3.95. The van der Waals surface area contributed by atoms with Gasteiger partial charge in [-0.1, -0.05) is 5.11 Å². The van der Waals surface area contributed by atoms with E-state index in [9.17, 15) is 28.5 Å². The Morgan fingerprint density at radius 1 is 1.41 bits per heavy atom. The van der Waals surface area contributed by atoms with Gasteiger partial charge in [0, 0.05) is 23.1 Å². The molecule has 18 heteroatoms. The van der Waals surface area contributed by atoms with E-state index in [4.69, 9.17) is 14.8 Å². The van der Waals surface area contributed by atoms with Crippen molar-refractivity contribution in [3.8, 4) is 0 Å². The molecule has 2 unspecified atom stereocenters. The minimum absolute atomic E-state index is 0.0695. The van der Waals surface area contributed by atoms with Crippen molar-refractivity contribution in [3.05, 3.63) is 43.0 Å². The molecule has 29 heavy (non-hydrogen) atoms. The van der Waals surface area contributed by atoms with Crippen molar-refractivity contribution in [2.75, 3.05) is 12.5 Å². The van der Waals surface area contributed by atoms with E-state index in [1.54, 1.807) is 0 Å². The van der Waals surface area contributed by atoms with Crippen molar-refractivity contribution in [1.29, 1.82) is 0 Å². The van der Waals surface area contributed by atoms with Crippen LogP contribution in [0.4, 0.5) is 0 Å². The summed E-state index contributed by atoms with van der Waals surface area (Å²) in [5.41, 5.74) is 7.74. The maximum absolute atomic E-state index is 12.0. The topological polar surface area (TPSA) is 215 Å². The highest BCUT2D eigenvalue weighted by Gasteiger charge is 2.47. The van der Waals surface area contributed by atoms with Crippen LogP contribution in [0.3, 0.4) is 0 Å². The van der Waals surface area contributed by atoms with Crippen molar-refractivity contribution in [2.45, 2.75) is 31.7 Å². The highest BCUT2D eigenvalue weighted by atomic mass is 31.3. The molecule has 0 bridgehead atoms. The van der Waals surface area contributed by atoms with E-state index < -0.39 is 59.3 Å². The molecule has 0 aromatic carbocycles. The molecule has 0 amide bonds. The van der Waals surface area contributed by atoms with E-state index in [1.165, 1.54) is 13.1 Å². The van der Waals surface area contributed by atoms with Gasteiger partial charge in [-0.15, -0.1) is 0 Å². The second-order valence-electron chi connectivity index (χ2n) is 6.21. The number of H-pyrrole nitrogens is 1. The van der Waals surface area contributed by atoms with Gasteiger partial charge in [-0.05, 0) is 12.5 Å². The molecule has 2 saturated heterocycles. The van der Waals surface area contributed by atoms with Crippen LogP contribution in [-0.4, -0.2) is 44.0 Å². The van der Waals surface area contributed by atoms with Crippen LogP contribution in [0.25, 0.3) is 10.4 Å². The van der Waals surface area contributed by atoms with E-state index in [1.807, 2.05) is 0 Å². The Bertz CT molecular complexity index is 1030. The highest BCUT2D eigenvalue weighted by Crippen LogP contribution is 2.75. The number of aromatic nitrogens is 2. The Balaban J connectivity index is 1.74. The van der Waals surface area contributed by atoms with Crippen molar-refractivity contribution < 1.29 is 36.8 Å². The number of aryl methyl sites for hydroxylation is 1. The van der Waals surface area contributed by atoms with Gasteiger partial charge in [-0.25, -0.2) is 13.4 Å². The minimum Gasteiger partial charge on any atom is -0.352 e. The Kier molecular flexibility index (Phi) is 6.47. The first-order valence-corrected chi connectivity index (χ1v) is 12.6. The summed E-state index contributed by atoms with van der Waals surface area (Å²) in [6.45, 7) is 1.11. The quantitative estimate of drug-likeness (QED) is 0.243. The summed E-state index contributed by atoms with van der Waals surface area (Å²) < 4.78 is 44.6. The van der Waals surface area contributed by atoms with Crippen molar-refractivity contribution in [1.82, 2.24) is 9.55 Å². The number of ether oxygens (including phenoxy) is 1. The van der Waals surface area contributed by atoms with Crippen molar-refractivity contribution in [2.24, 2.45) is 5.11 Å². The van der Waals surface area contributed by atoms with Crippen LogP contribution in [0.15, 0.2) is 20.9 Å². The average molecular weight is 471 g/mol. The lowest BCUT2D eigenvalue weighted by atomic mass is 10.1. The average Bonchev–Trinajstić information content (AvgIpc) is 2.96. The molecule has 2 aliphatic heterocycles. The van der Waals surface area contributed by atoms with E-state index >= 15 is 0 Å². The predicted octanol–water partition coefficient (Wildman–Crippen LogP) is 1.43. The van der Waals surface area contributed by atoms with Crippen molar-refractivity contribution in [3.63, 3.8) is 0 Å². The van der Waals surface area contributed by atoms with Crippen LogP contribution >= 0.6 is 23.8 Å². The number of nitrogens with one attached hydrogen (secondary N) is 1. The first kappa shape index (κ1) is 22.3. The van der Waals surface area contributed by atoms with Crippen LogP contribution < -0.4 is 11.2 Å². The molecule has 0 saturated carbocycles. The number of rotatable bonds is 5. The zero-order valence-corrected chi connectivity index (χ0v) is 17.4. The summed E-state index contributed by atoms with van der Waals surface area (Å²) in [6.07, 6.45) is -0.456. The first-order valence-electron chi connectivity index (χ1n) is 7.97. The van der Waals surface area contributed by atoms with Crippen LogP contribution in [0, 0.1) is 6.92 Å². The lowest BCUT2D eigenvalue weighted by molar-refractivity contribution is -0.0238. The molecule has 3 rings (SSSR count). The molecular weight excluding hydrogens is 455 g/mol. The molecule has 0 spiro atoms. The molecule has 1 aromatic rings. The van der Waals surface area contributed by atoms with Gasteiger partial charge in [0.2, 0.25) is 0 Å². The fourth-order valence-corrected chi connectivity index (χ4v) is 8.56. The van der Waals surface area contributed by atoms with Gasteiger partial charge >= 0.3 is 29.5 Å².